The first-order chi connectivity index (χ1) is 7.59. The topological polar surface area (TPSA) is 56.7 Å². The van der Waals surface area contributed by atoms with Gasteiger partial charge in [0.15, 0.2) is 5.82 Å². The van der Waals surface area contributed by atoms with E-state index in [0.29, 0.717) is 0 Å². The van der Waals surface area contributed by atoms with Gasteiger partial charge in [-0.05, 0) is 32.9 Å². The zero-order valence-corrected chi connectivity index (χ0v) is 9.81. The molecule has 0 bridgehead atoms. The number of hydrogen-bond acceptors (Lipinski definition) is 3. The van der Waals surface area contributed by atoms with Gasteiger partial charge in [0.2, 0.25) is 0 Å². The van der Waals surface area contributed by atoms with E-state index in [0.717, 1.165) is 22.8 Å². The smallest absolute Gasteiger partial charge is 0.158 e. The van der Waals surface area contributed by atoms with Gasteiger partial charge in [-0.1, -0.05) is 6.07 Å². The number of aryl methyl sites for hydroxylation is 2. The third-order valence-corrected chi connectivity index (χ3v) is 2.52. The van der Waals surface area contributed by atoms with E-state index in [2.05, 4.69) is 10.1 Å². The van der Waals surface area contributed by atoms with Crippen molar-refractivity contribution in [3.63, 3.8) is 0 Å². The summed E-state index contributed by atoms with van der Waals surface area (Å²) in [6.45, 7) is 5.93. The zero-order chi connectivity index (χ0) is 11.7. The van der Waals surface area contributed by atoms with Crippen LogP contribution in [0, 0.1) is 13.8 Å². The number of hydrogen-bond donors (Lipinski definition) is 1. The number of pyridine rings is 1. The number of nitrogens with zero attached hydrogens (tertiary/aromatic N) is 3. The maximum absolute atomic E-state index is 5.93. The summed E-state index contributed by atoms with van der Waals surface area (Å²) < 4.78 is 1.84. The lowest BCUT2D eigenvalue weighted by atomic mass is 10.1. The molecule has 0 saturated heterocycles. The van der Waals surface area contributed by atoms with Gasteiger partial charge in [-0.25, -0.2) is 9.67 Å². The Morgan fingerprint density at radius 3 is 2.69 bits per heavy atom. The van der Waals surface area contributed by atoms with Crippen LogP contribution in [0.4, 0.5) is 0 Å². The molecule has 0 aliphatic heterocycles. The van der Waals surface area contributed by atoms with Crippen LogP contribution in [0.2, 0.25) is 0 Å². The van der Waals surface area contributed by atoms with Crippen molar-refractivity contribution >= 4 is 0 Å². The highest BCUT2D eigenvalue weighted by Gasteiger charge is 2.12. The summed E-state index contributed by atoms with van der Waals surface area (Å²) >= 11 is 0. The predicted octanol–water partition coefficient (Wildman–Crippen LogP) is 1.90. The molecule has 1 atom stereocenters. The molecule has 0 aliphatic carbocycles. The van der Waals surface area contributed by atoms with E-state index in [-0.39, 0.29) is 6.04 Å². The van der Waals surface area contributed by atoms with Gasteiger partial charge in [0.25, 0.3) is 0 Å². The molecule has 0 aromatic carbocycles. The maximum Gasteiger partial charge on any atom is 0.158 e. The highest BCUT2D eigenvalue weighted by molar-refractivity contribution is 5.36. The van der Waals surface area contributed by atoms with Gasteiger partial charge < -0.3 is 5.73 Å². The summed E-state index contributed by atoms with van der Waals surface area (Å²) in [5, 5.41) is 4.42. The molecule has 2 heterocycles. The Balaban J connectivity index is 2.59. The van der Waals surface area contributed by atoms with E-state index in [1.54, 1.807) is 6.20 Å². The first-order valence-corrected chi connectivity index (χ1v) is 5.33. The molecule has 4 nitrogen and oxygen atoms in total. The first kappa shape index (κ1) is 10.8. The Morgan fingerprint density at radius 1 is 1.38 bits per heavy atom. The lowest BCUT2D eigenvalue weighted by molar-refractivity contribution is 0.745. The van der Waals surface area contributed by atoms with Crippen LogP contribution in [0.3, 0.4) is 0 Å². The maximum atomic E-state index is 5.93. The molecular weight excluding hydrogens is 200 g/mol. The minimum absolute atomic E-state index is 0.0485. The van der Waals surface area contributed by atoms with Gasteiger partial charge >= 0.3 is 0 Å². The van der Waals surface area contributed by atoms with Gasteiger partial charge in [-0.2, -0.15) is 5.10 Å². The summed E-state index contributed by atoms with van der Waals surface area (Å²) in [6.07, 6.45) is 1.76. The third kappa shape index (κ3) is 1.84. The van der Waals surface area contributed by atoms with E-state index >= 15 is 0 Å². The van der Waals surface area contributed by atoms with Crippen LogP contribution >= 0.6 is 0 Å². The van der Waals surface area contributed by atoms with E-state index < -0.39 is 0 Å². The summed E-state index contributed by atoms with van der Waals surface area (Å²) in [5.74, 6) is 0.822. The van der Waals surface area contributed by atoms with Crippen LogP contribution in [0.25, 0.3) is 5.82 Å². The molecule has 16 heavy (non-hydrogen) atoms. The van der Waals surface area contributed by atoms with Crippen LogP contribution in [0.15, 0.2) is 24.4 Å². The molecule has 0 spiro atoms. The van der Waals surface area contributed by atoms with Crippen LogP contribution in [-0.2, 0) is 0 Å². The second kappa shape index (κ2) is 4.06. The van der Waals surface area contributed by atoms with Crippen molar-refractivity contribution in [2.75, 3.05) is 0 Å². The lowest BCUT2D eigenvalue weighted by Gasteiger charge is -2.12. The van der Waals surface area contributed by atoms with Crippen molar-refractivity contribution in [1.29, 1.82) is 0 Å². The molecule has 2 aromatic heterocycles. The molecular formula is C12H16N4. The standard InChI is InChI=1S/C12H16N4/c1-8-7-9(2)16(15-8)12-11(10(3)13)5-4-6-14-12/h4-7,10H,13H2,1-3H3/t10-/m1/s1. The van der Waals surface area contributed by atoms with E-state index in [9.17, 15) is 0 Å². The minimum atomic E-state index is -0.0485. The Labute approximate surface area is 95.1 Å². The van der Waals surface area contributed by atoms with Gasteiger partial charge in [0, 0.05) is 23.5 Å². The molecule has 0 radical (unpaired) electrons. The molecule has 2 N–H and O–H groups in total. The second-order valence-electron chi connectivity index (χ2n) is 4.04. The first-order valence-electron chi connectivity index (χ1n) is 5.33. The van der Waals surface area contributed by atoms with E-state index in [4.69, 9.17) is 5.73 Å². The zero-order valence-electron chi connectivity index (χ0n) is 9.81. The normalized spacial score (nSPS) is 12.8. The molecule has 0 amide bonds. The summed E-state index contributed by atoms with van der Waals surface area (Å²) in [6, 6.07) is 5.87. The second-order valence-corrected chi connectivity index (χ2v) is 4.04. The van der Waals surface area contributed by atoms with Crippen molar-refractivity contribution in [3.05, 3.63) is 41.3 Å². The average molecular weight is 216 g/mol. The Bertz CT molecular complexity index is 499. The van der Waals surface area contributed by atoms with Crippen molar-refractivity contribution in [2.24, 2.45) is 5.73 Å². The monoisotopic (exact) mass is 216 g/mol. The highest BCUT2D eigenvalue weighted by Crippen LogP contribution is 2.18. The average Bonchev–Trinajstić information content (AvgIpc) is 2.57. The SMILES string of the molecule is Cc1cc(C)n(-c2ncccc2[C@@H](C)N)n1. The van der Waals surface area contributed by atoms with Gasteiger partial charge in [0.05, 0.1) is 5.69 Å². The highest BCUT2D eigenvalue weighted by atomic mass is 15.3. The van der Waals surface area contributed by atoms with Crippen LogP contribution in [0.1, 0.15) is 29.9 Å². The molecule has 4 heteroatoms. The van der Waals surface area contributed by atoms with Gasteiger partial charge in [-0.3, -0.25) is 0 Å². The Kier molecular flexibility index (Phi) is 2.75. The number of nitrogens with two attached hydrogens (primary N) is 1. The van der Waals surface area contributed by atoms with E-state index in [1.165, 1.54) is 0 Å². The minimum Gasteiger partial charge on any atom is -0.324 e. The molecule has 0 aliphatic rings. The third-order valence-electron chi connectivity index (χ3n) is 2.52. The Morgan fingerprint density at radius 2 is 2.12 bits per heavy atom. The lowest BCUT2D eigenvalue weighted by Crippen LogP contribution is -2.12. The van der Waals surface area contributed by atoms with Gasteiger partial charge in [-0.15, -0.1) is 0 Å². The molecule has 84 valence electrons. The summed E-state index contributed by atoms with van der Waals surface area (Å²) in [4.78, 5) is 4.36. The fraction of sp³-hybridized carbons (Fsp3) is 0.333. The van der Waals surface area contributed by atoms with Gasteiger partial charge in [0.1, 0.15) is 0 Å². The predicted molar refractivity (Wildman–Crippen MR) is 63.4 cm³/mol. The largest absolute Gasteiger partial charge is 0.324 e. The fourth-order valence-corrected chi connectivity index (χ4v) is 1.79. The molecule has 0 fully saturated rings. The fourth-order valence-electron chi connectivity index (χ4n) is 1.79. The van der Waals surface area contributed by atoms with Crippen LogP contribution in [0.5, 0.6) is 0 Å². The molecule has 2 aromatic rings. The van der Waals surface area contributed by atoms with Crippen molar-refractivity contribution < 1.29 is 0 Å². The molecule has 0 saturated carbocycles. The summed E-state index contributed by atoms with van der Waals surface area (Å²) in [5.41, 5.74) is 8.99. The number of rotatable bonds is 2. The quantitative estimate of drug-likeness (QED) is 0.834. The van der Waals surface area contributed by atoms with Crippen LogP contribution < -0.4 is 5.73 Å². The summed E-state index contributed by atoms with van der Waals surface area (Å²) in [7, 11) is 0. The van der Waals surface area contributed by atoms with Crippen molar-refractivity contribution in [2.45, 2.75) is 26.8 Å². The van der Waals surface area contributed by atoms with E-state index in [1.807, 2.05) is 43.7 Å². The molecule has 0 unspecified atom stereocenters. The Hall–Kier alpha value is -1.68. The molecule has 2 rings (SSSR count). The van der Waals surface area contributed by atoms with Crippen molar-refractivity contribution in [3.8, 4) is 5.82 Å². The van der Waals surface area contributed by atoms with Crippen LogP contribution in [-0.4, -0.2) is 14.8 Å². The number of aromatic nitrogens is 3. The van der Waals surface area contributed by atoms with Crippen molar-refractivity contribution in [1.82, 2.24) is 14.8 Å².